The van der Waals surface area contributed by atoms with Gasteiger partial charge in [-0.3, -0.25) is 19.8 Å². The maximum Gasteiger partial charge on any atom is 0.265 e. The summed E-state index contributed by atoms with van der Waals surface area (Å²) in [5.41, 5.74) is 2.00. The molecule has 0 radical (unpaired) electrons. The molecule has 0 atom stereocenters. The molecule has 5 nitrogen and oxygen atoms in total. The van der Waals surface area contributed by atoms with E-state index in [0.717, 1.165) is 16.5 Å². The standard InChI is InChI=1S/C17H17N3O2S/c1-10(2)20-9-11(12-6-4-5-7-14(12)20)8-13-15(21)18-17(23)19(3)16(13)22/h4-10H,1-3H3,(H,18,21,23)/b13-8+. The number of hydrogen-bond donors (Lipinski definition) is 1. The fourth-order valence-electron chi connectivity index (χ4n) is 2.68. The third-order valence-corrected chi connectivity index (χ3v) is 4.31. The first-order valence-electron chi connectivity index (χ1n) is 7.34. The van der Waals surface area contributed by atoms with E-state index in [1.54, 1.807) is 13.1 Å². The van der Waals surface area contributed by atoms with Gasteiger partial charge in [0.1, 0.15) is 5.57 Å². The SMILES string of the molecule is CC(C)n1cc(/C=C2\C(=O)NC(=S)N(C)C2=O)c2ccccc21. The smallest absolute Gasteiger partial charge is 0.265 e. The second-order valence-electron chi connectivity index (χ2n) is 5.78. The van der Waals surface area contributed by atoms with Crippen LogP contribution in [0.3, 0.4) is 0 Å². The molecule has 3 rings (SSSR count). The molecule has 2 aromatic rings. The normalized spacial score (nSPS) is 17.5. The van der Waals surface area contributed by atoms with Crippen molar-refractivity contribution in [1.29, 1.82) is 0 Å². The van der Waals surface area contributed by atoms with E-state index in [1.165, 1.54) is 4.90 Å². The predicted octanol–water partition coefficient (Wildman–Crippen LogP) is 2.48. The third kappa shape index (κ3) is 2.55. The highest BCUT2D eigenvalue weighted by Gasteiger charge is 2.31. The summed E-state index contributed by atoms with van der Waals surface area (Å²) >= 11 is 4.96. The predicted molar refractivity (Wildman–Crippen MR) is 93.8 cm³/mol. The summed E-state index contributed by atoms with van der Waals surface area (Å²) in [6.07, 6.45) is 3.60. The van der Waals surface area contributed by atoms with Gasteiger partial charge in [0, 0.05) is 35.8 Å². The summed E-state index contributed by atoms with van der Waals surface area (Å²) in [5, 5.41) is 3.66. The highest BCUT2D eigenvalue weighted by Crippen LogP contribution is 2.27. The zero-order valence-electron chi connectivity index (χ0n) is 13.2. The molecule has 0 saturated carbocycles. The Labute approximate surface area is 139 Å². The molecule has 0 spiro atoms. The summed E-state index contributed by atoms with van der Waals surface area (Å²) < 4.78 is 2.13. The van der Waals surface area contributed by atoms with Crippen LogP contribution in [-0.4, -0.2) is 33.4 Å². The van der Waals surface area contributed by atoms with Gasteiger partial charge in [-0.2, -0.15) is 0 Å². The number of benzene rings is 1. The molecule has 1 saturated heterocycles. The lowest BCUT2D eigenvalue weighted by molar-refractivity contribution is -0.128. The molecule has 1 aliphatic rings. The molecule has 1 fully saturated rings. The fourth-order valence-corrected chi connectivity index (χ4v) is 2.85. The Hall–Kier alpha value is -2.47. The van der Waals surface area contributed by atoms with Crippen LogP contribution < -0.4 is 5.32 Å². The summed E-state index contributed by atoms with van der Waals surface area (Å²) in [6, 6.07) is 8.21. The van der Waals surface area contributed by atoms with Crippen LogP contribution in [0.4, 0.5) is 0 Å². The molecular weight excluding hydrogens is 310 g/mol. The van der Waals surface area contributed by atoms with Crippen molar-refractivity contribution in [2.45, 2.75) is 19.9 Å². The van der Waals surface area contributed by atoms with Crippen LogP contribution in [0.5, 0.6) is 0 Å². The van der Waals surface area contributed by atoms with Crippen LogP contribution in [0.15, 0.2) is 36.0 Å². The molecule has 23 heavy (non-hydrogen) atoms. The monoisotopic (exact) mass is 327 g/mol. The van der Waals surface area contributed by atoms with E-state index in [0.29, 0.717) is 0 Å². The minimum Gasteiger partial charge on any atom is -0.344 e. The molecule has 118 valence electrons. The molecule has 0 aliphatic carbocycles. The zero-order chi connectivity index (χ0) is 16.7. The Morgan fingerprint density at radius 3 is 2.61 bits per heavy atom. The van der Waals surface area contributed by atoms with E-state index in [4.69, 9.17) is 12.2 Å². The lowest BCUT2D eigenvalue weighted by Gasteiger charge is -2.24. The van der Waals surface area contributed by atoms with Crippen molar-refractivity contribution in [2.75, 3.05) is 7.05 Å². The number of aromatic nitrogens is 1. The first kappa shape index (κ1) is 15.4. The lowest BCUT2D eigenvalue weighted by atomic mass is 10.1. The van der Waals surface area contributed by atoms with Gasteiger partial charge in [-0.25, -0.2) is 0 Å². The number of nitrogens with zero attached hydrogens (tertiary/aromatic N) is 2. The first-order chi connectivity index (χ1) is 10.9. The number of amides is 2. The van der Waals surface area contributed by atoms with Crippen molar-refractivity contribution in [3.63, 3.8) is 0 Å². The maximum absolute atomic E-state index is 12.3. The molecular formula is C17H17N3O2S. The van der Waals surface area contributed by atoms with Crippen LogP contribution in [0.1, 0.15) is 25.5 Å². The molecule has 6 heteroatoms. The van der Waals surface area contributed by atoms with Crippen molar-refractivity contribution < 1.29 is 9.59 Å². The minimum atomic E-state index is -0.459. The molecule has 0 unspecified atom stereocenters. The number of rotatable bonds is 2. The van der Waals surface area contributed by atoms with Gasteiger partial charge in [0.15, 0.2) is 5.11 Å². The molecule has 0 bridgehead atoms. The van der Waals surface area contributed by atoms with E-state index in [2.05, 4.69) is 23.7 Å². The van der Waals surface area contributed by atoms with Crippen molar-refractivity contribution in [2.24, 2.45) is 0 Å². The Kier molecular flexibility index (Phi) is 3.77. The quantitative estimate of drug-likeness (QED) is 0.524. The molecule has 1 N–H and O–H groups in total. The van der Waals surface area contributed by atoms with E-state index >= 15 is 0 Å². The van der Waals surface area contributed by atoms with Crippen LogP contribution in [0, 0.1) is 0 Å². The van der Waals surface area contributed by atoms with E-state index in [1.807, 2.05) is 30.5 Å². The number of carbonyl (C=O) groups is 2. The molecule has 2 amide bonds. The van der Waals surface area contributed by atoms with Gasteiger partial charge in [-0.1, -0.05) is 18.2 Å². The van der Waals surface area contributed by atoms with Crippen LogP contribution in [0.25, 0.3) is 17.0 Å². The summed E-state index contributed by atoms with van der Waals surface area (Å²) in [6.45, 7) is 4.18. The van der Waals surface area contributed by atoms with Crippen LogP contribution in [0.2, 0.25) is 0 Å². The number of carbonyl (C=O) groups excluding carboxylic acids is 2. The Bertz CT molecular complexity index is 864. The average molecular weight is 327 g/mol. The van der Waals surface area contributed by atoms with E-state index < -0.39 is 5.91 Å². The zero-order valence-corrected chi connectivity index (χ0v) is 14.0. The Morgan fingerprint density at radius 2 is 1.91 bits per heavy atom. The van der Waals surface area contributed by atoms with Crippen molar-refractivity contribution >= 4 is 46.1 Å². The highest BCUT2D eigenvalue weighted by atomic mass is 32.1. The van der Waals surface area contributed by atoms with Gasteiger partial charge in [0.2, 0.25) is 0 Å². The van der Waals surface area contributed by atoms with Gasteiger partial charge in [0.05, 0.1) is 0 Å². The second kappa shape index (κ2) is 5.62. The van der Waals surface area contributed by atoms with Crippen LogP contribution >= 0.6 is 12.2 Å². The van der Waals surface area contributed by atoms with Crippen molar-refractivity contribution in [3.05, 3.63) is 41.6 Å². The van der Waals surface area contributed by atoms with Gasteiger partial charge < -0.3 is 4.57 Å². The van der Waals surface area contributed by atoms with Gasteiger partial charge >= 0.3 is 0 Å². The molecule has 2 heterocycles. The molecule has 1 aromatic carbocycles. The second-order valence-corrected chi connectivity index (χ2v) is 6.17. The third-order valence-electron chi connectivity index (χ3n) is 3.93. The number of hydrogen-bond acceptors (Lipinski definition) is 3. The summed E-state index contributed by atoms with van der Waals surface area (Å²) in [4.78, 5) is 25.7. The van der Waals surface area contributed by atoms with Crippen LogP contribution in [-0.2, 0) is 9.59 Å². The van der Waals surface area contributed by atoms with E-state index in [9.17, 15) is 9.59 Å². The van der Waals surface area contributed by atoms with Crippen molar-refractivity contribution in [1.82, 2.24) is 14.8 Å². The molecule has 1 aliphatic heterocycles. The molecule has 1 aromatic heterocycles. The largest absolute Gasteiger partial charge is 0.344 e. The summed E-state index contributed by atoms with van der Waals surface area (Å²) in [7, 11) is 1.55. The van der Waals surface area contributed by atoms with Gasteiger partial charge in [0.25, 0.3) is 11.8 Å². The van der Waals surface area contributed by atoms with E-state index in [-0.39, 0.29) is 22.6 Å². The number of para-hydroxylation sites is 1. The topological polar surface area (TPSA) is 54.3 Å². The van der Waals surface area contributed by atoms with Crippen molar-refractivity contribution in [3.8, 4) is 0 Å². The minimum absolute atomic E-state index is 0.0905. The number of thiocarbonyl (C=S) groups is 1. The summed E-state index contributed by atoms with van der Waals surface area (Å²) in [5.74, 6) is -0.848. The number of likely N-dealkylation sites (N-methyl/N-ethyl adjacent to an activating group) is 1. The van der Waals surface area contributed by atoms with Gasteiger partial charge in [-0.15, -0.1) is 0 Å². The van der Waals surface area contributed by atoms with Gasteiger partial charge in [-0.05, 0) is 38.2 Å². The fraction of sp³-hybridized carbons (Fsp3) is 0.235. The number of fused-ring (bicyclic) bond motifs is 1. The number of nitrogens with one attached hydrogen (secondary N) is 1. The Balaban J connectivity index is 2.16. The highest BCUT2D eigenvalue weighted by molar-refractivity contribution is 7.80. The Morgan fingerprint density at radius 1 is 1.22 bits per heavy atom. The first-order valence-corrected chi connectivity index (χ1v) is 7.75. The lowest BCUT2D eigenvalue weighted by Crippen LogP contribution is -2.52. The maximum atomic E-state index is 12.3. The average Bonchev–Trinajstić information content (AvgIpc) is 2.88.